The van der Waals surface area contributed by atoms with Crippen LogP contribution in [0.25, 0.3) is 0 Å². The normalized spacial score (nSPS) is 14.3. The van der Waals surface area contributed by atoms with Crippen molar-refractivity contribution in [3.05, 3.63) is 53.0 Å². The van der Waals surface area contributed by atoms with Crippen LogP contribution in [-0.4, -0.2) is 5.91 Å². The van der Waals surface area contributed by atoms with Crippen LogP contribution in [0.4, 0.5) is 17.1 Å². The highest BCUT2D eigenvalue weighted by atomic mass is 79.9. The topological polar surface area (TPSA) is 41.1 Å². The summed E-state index contributed by atoms with van der Waals surface area (Å²) in [5.74, 6) is 0.360. The van der Waals surface area contributed by atoms with Gasteiger partial charge in [-0.25, -0.2) is 0 Å². The van der Waals surface area contributed by atoms with Gasteiger partial charge in [0, 0.05) is 27.5 Å². The van der Waals surface area contributed by atoms with Gasteiger partial charge in [0.1, 0.15) is 0 Å². The fourth-order valence-corrected chi connectivity index (χ4v) is 2.68. The predicted octanol–water partition coefficient (Wildman–Crippen LogP) is 4.93. The maximum atomic E-state index is 11.9. The van der Waals surface area contributed by atoms with Gasteiger partial charge in [-0.1, -0.05) is 28.4 Å². The Bertz CT molecular complexity index is 635. The van der Waals surface area contributed by atoms with E-state index in [0.29, 0.717) is 0 Å². The summed E-state index contributed by atoms with van der Waals surface area (Å²) in [6.07, 6.45) is 3.22. The number of nitrogens with one attached hydrogen (secondary N) is 2. The molecule has 0 atom stereocenters. The number of hydrogen-bond donors (Lipinski definition) is 2. The van der Waals surface area contributed by atoms with Crippen LogP contribution < -0.4 is 10.6 Å². The van der Waals surface area contributed by atoms with E-state index in [9.17, 15) is 4.79 Å². The monoisotopic (exact) mass is 344 g/mol. The second-order valence-corrected chi connectivity index (χ2v) is 6.25. The molecule has 0 aromatic heterocycles. The molecule has 0 heterocycles. The van der Waals surface area contributed by atoms with Crippen molar-refractivity contribution in [2.75, 3.05) is 10.6 Å². The minimum Gasteiger partial charge on any atom is -0.355 e. The Hall–Kier alpha value is -1.81. The Morgan fingerprint density at radius 3 is 2.33 bits per heavy atom. The minimum absolute atomic E-state index is 0.147. The molecule has 21 heavy (non-hydrogen) atoms. The first-order valence-corrected chi connectivity index (χ1v) is 7.93. The highest BCUT2D eigenvalue weighted by Gasteiger charge is 2.24. The van der Waals surface area contributed by atoms with Crippen molar-refractivity contribution in [1.29, 1.82) is 0 Å². The summed E-state index contributed by atoms with van der Waals surface area (Å²) in [6.45, 7) is 0. The van der Waals surface area contributed by atoms with Crippen LogP contribution >= 0.6 is 15.9 Å². The van der Waals surface area contributed by atoms with Crippen molar-refractivity contribution in [1.82, 2.24) is 0 Å². The van der Waals surface area contributed by atoms with Crippen LogP contribution in [0.5, 0.6) is 0 Å². The zero-order valence-electron chi connectivity index (χ0n) is 11.6. The molecule has 0 bridgehead atoms. The molecule has 0 spiro atoms. The molecule has 1 fully saturated rings. The third kappa shape index (κ3) is 3.64. The molecule has 2 N–H and O–H groups in total. The number of anilines is 3. The predicted molar refractivity (Wildman–Crippen MR) is 89.8 cm³/mol. The lowest BCUT2D eigenvalue weighted by Crippen LogP contribution is -2.27. The van der Waals surface area contributed by atoms with Crippen LogP contribution in [0.1, 0.15) is 19.3 Å². The van der Waals surface area contributed by atoms with E-state index in [1.54, 1.807) is 0 Å². The lowest BCUT2D eigenvalue weighted by atomic mass is 9.85. The highest BCUT2D eigenvalue weighted by molar-refractivity contribution is 9.10. The molecule has 0 radical (unpaired) electrons. The van der Waals surface area contributed by atoms with Gasteiger partial charge in [0.25, 0.3) is 0 Å². The summed E-state index contributed by atoms with van der Waals surface area (Å²) in [5.41, 5.74) is 2.87. The van der Waals surface area contributed by atoms with Gasteiger partial charge >= 0.3 is 0 Å². The van der Waals surface area contributed by atoms with E-state index < -0.39 is 0 Å². The minimum atomic E-state index is 0.147. The molecular formula is C17H17BrN2O. The molecule has 0 unspecified atom stereocenters. The van der Waals surface area contributed by atoms with E-state index >= 15 is 0 Å². The van der Waals surface area contributed by atoms with Gasteiger partial charge in [-0.2, -0.15) is 0 Å². The number of amides is 1. The maximum absolute atomic E-state index is 11.9. The Labute approximate surface area is 132 Å². The molecule has 1 aliphatic rings. The quantitative estimate of drug-likeness (QED) is 0.825. The number of carbonyl (C=O) groups excluding carboxylic acids is 1. The first-order chi connectivity index (χ1) is 10.2. The molecule has 108 valence electrons. The first kappa shape index (κ1) is 14.1. The Morgan fingerprint density at radius 1 is 1.00 bits per heavy atom. The van der Waals surface area contributed by atoms with Gasteiger partial charge in [-0.05, 0) is 55.3 Å². The van der Waals surface area contributed by atoms with Crippen LogP contribution in [0.2, 0.25) is 0 Å². The molecule has 0 saturated heterocycles. The first-order valence-electron chi connectivity index (χ1n) is 7.14. The van der Waals surface area contributed by atoms with Gasteiger partial charge < -0.3 is 10.6 Å². The maximum Gasteiger partial charge on any atom is 0.227 e. The Kier molecular flexibility index (Phi) is 4.25. The third-order valence-corrected chi connectivity index (χ3v) is 4.23. The fourth-order valence-electron chi connectivity index (χ4n) is 2.28. The average Bonchev–Trinajstić information content (AvgIpc) is 2.39. The average molecular weight is 345 g/mol. The lowest BCUT2D eigenvalue weighted by Gasteiger charge is -2.24. The molecule has 3 rings (SSSR count). The lowest BCUT2D eigenvalue weighted by molar-refractivity contribution is -0.122. The van der Waals surface area contributed by atoms with E-state index in [4.69, 9.17) is 0 Å². The van der Waals surface area contributed by atoms with Crippen molar-refractivity contribution < 1.29 is 4.79 Å². The zero-order chi connectivity index (χ0) is 14.7. The summed E-state index contributed by atoms with van der Waals surface area (Å²) in [7, 11) is 0. The fraction of sp³-hybridized carbons (Fsp3) is 0.235. The summed E-state index contributed by atoms with van der Waals surface area (Å²) in [4.78, 5) is 11.9. The molecular weight excluding hydrogens is 328 g/mol. The smallest absolute Gasteiger partial charge is 0.227 e. The third-order valence-electron chi connectivity index (χ3n) is 3.74. The summed E-state index contributed by atoms with van der Waals surface area (Å²) < 4.78 is 1.04. The molecule has 1 saturated carbocycles. The highest BCUT2D eigenvalue weighted by Crippen LogP contribution is 2.28. The molecule has 0 aliphatic heterocycles. The SMILES string of the molecule is O=C(Nc1ccc(Nc2cccc(Br)c2)cc1)C1CCC1. The van der Waals surface area contributed by atoms with Crippen molar-refractivity contribution in [2.45, 2.75) is 19.3 Å². The molecule has 1 aliphatic carbocycles. The van der Waals surface area contributed by atoms with Crippen molar-refractivity contribution in [3.8, 4) is 0 Å². The Balaban J connectivity index is 1.62. The summed E-state index contributed by atoms with van der Waals surface area (Å²) >= 11 is 3.45. The summed E-state index contributed by atoms with van der Waals surface area (Å²) in [5, 5.41) is 6.30. The number of hydrogen-bond acceptors (Lipinski definition) is 2. The second kappa shape index (κ2) is 6.31. The van der Waals surface area contributed by atoms with Gasteiger partial charge in [0.15, 0.2) is 0 Å². The standard InChI is InChI=1S/C17H17BrN2O/c18-13-5-2-6-16(11-13)19-14-7-9-15(10-8-14)20-17(21)12-3-1-4-12/h2,5-12,19H,1,3-4H2,(H,20,21). The van der Waals surface area contributed by atoms with E-state index in [2.05, 4.69) is 26.6 Å². The molecule has 2 aromatic rings. The molecule has 4 heteroatoms. The van der Waals surface area contributed by atoms with Crippen LogP contribution in [0.15, 0.2) is 53.0 Å². The van der Waals surface area contributed by atoms with Crippen molar-refractivity contribution in [3.63, 3.8) is 0 Å². The van der Waals surface area contributed by atoms with Crippen molar-refractivity contribution >= 4 is 38.9 Å². The van der Waals surface area contributed by atoms with Gasteiger partial charge in [-0.3, -0.25) is 4.79 Å². The number of halogens is 1. The van der Waals surface area contributed by atoms with E-state index in [-0.39, 0.29) is 11.8 Å². The van der Waals surface area contributed by atoms with E-state index in [1.807, 2.05) is 48.5 Å². The molecule has 3 nitrogen and oxygen atoms in total. The Morgan fingerprint density at radius 2 is 1.71 bits per heavy atom. The number of benzene rings is 2. The van der Waals surface area contributed by atoms with Crippen LogP contribution in [-0.2, 0) is 4.79 Å². The molecule has 2 aromatic carbocycles. The van der Waals surface area contributed by atoms with E-state index in [1.165, 1.54) is 6.42 Å². The van der Waals surface area contributed by atoms with E-state index in [0.717, 1.165) is 34.4 Å². The van der Waals surface area contributed by atoms with Crippen molar-refractivity contribution in [2.24, 2.45) is 5.92 Å². The summed E-state index contributed by atoms with van der Waals surface area (Å²) in [6, 6.07) is 15.8. The van der Waals surface area contributed by atoms with Gasteiger partial charge in [-0.15, -0.1) is 0 Å². The second-order valence-electron chi connectivity index (χ2n) is 5.33. The number of carbonyl (C=O) groups is 1. The van der Waals surface area contributed by atoms with Gasteiger partial charge in [0.05, 0.1) is 0 Å². The van der Waals surface area contributed by atoms with Crippen LogP contribution in [0, 0.1) is 5.92 Å². The zero-order valence-corrected chi connectivity index (χ0v) is 13.2. The van der Waals surface area contributed by atoms with Gasteiger partial charge in [0.2, 0.25) is 5.91 Å². The number of rotatable bonds is 4. The van der Waals surface area contributed by atoms with Crippen LogP contribution in [0.3, 0.4) is 0 Å². The largest absolute Gasteiger partial charge is 0.355 e. The molecule has 1 amide bonds.